The Morgan fingerprint density at radius 1 is 1.09 bits per heavy atom. The van der Waals surface area contributed by atoms with E-state index in [1.807, 2.05) is 30.3 Å². The summed E-state index contributed by atoms with van der Waals surface area (Å²) >= 11 is 1.52. The lowest BCUT2D eigenvalue weighted by Crippen LogP contribution is -2.04. The molecule has 0 saturated heterocycles. The van der Waals surface area contributed by atoms with Crippen LogP contribution in [-0.2, 0) is 4.79 Å². The van der Waals surface area contributed by atoms with Crippen molar-refractivity contribution in [1.29, 1.82) is 0 Å². The quantitative estimate of drug-likeness (QED) is 0.416. The van der Waals surface area contributed by atoms with Crippen molar-refractivity contribution < 1.29 is 14.3 Å². The molecule has 0 spiro atoms. The van der Waals surface area contributed by atoms with E-state index in [0.717, 1.165) is 15.2 Å². The second-order valence-corrected chi connectivity index (χ2v) is 5.49. The normalized spacial score (nSPS) is 11.0. The van der Waals surface area contributed by atoms with E-state index in [1.54, 1.807) is 24.3 Å². The monoisotopic (exact) mass is 311 g/mol. The molecule has 1 heterocycles. The molecule has 0 aliphatic heterocycles. The van der Waals surface area contributed by atoms with Crippen LogP contribution < -0.4 is 9.47 Å². The number of carbonyl (C=O) groups excluding carboxylic acids is 1. The first-order valence-electron chi connectivity index (χ1n) is 6.65. The van der Waals surface area contributed by atoms with Gasteiger partial charge in [0.25, 0.3) is 0 Å². The number of methoxy groups -OCH3 is 1. The maximum Gasteiger partial charge on any atom is 0.336 e. The SMILES string of the molecule is COc1ccccc1OC(=O)C=Cc1nc2ccccc2s1. The van der Waals surface area contributed by atoms with Gasteiger partial charge in [0.05, 0.1) is 17.3 Å². The Labute approximate surface area is 131 Å². The molecule has 0 bridgehead atoms. The molecule has 0 aliphatic rings. The highest BCUT2D eigenvalue weighted by atomic mass is 32.1. The van der Waals surface area contributed by atoms with Crippen LogP contribution >= 0.6 is 11.3 Å². The lowest BCUT2D eigenvalue weighted by molar-refractivity contribution is -0.129. The fourth-order valence-electron chi connectivity index (χ4n) is 1.95. The van der Waals surface area contributed by atoms with Crippen molar-refractivity contribution in [2.45, 2.75) is 0 Å². The molecule has 3 rings (SSSR count). The maximum absolute atomic E-state index is 11.9. The maximum atomic E-state index is 11.9. The van der Waals surface area contributed by atoms with Crippen LogP contribution in [0.15, 0.2) is 54.6 Å². The standard InChI is InChI=1S/C17H13NO3S/c1-20-13-7-3-4-8-14(13)21-17(19)11-10-16-18-12-6-2-5-9-15(12)22-16/h2-11H,1H3. The molecule has 2 aromatic carbocycles. The predicted octanol–water partition coefficient (Wildman–Crippen LogP) is 3.92. The number of hydrogen-bond donors (Lipinski definition) is 0. The van der Waals surface area contributed by atoms with E-state index in [0.29, 0.717) is 11.5 Å². The van der Waals surface area contributed by atoms with Crippen LogP contribution in [0.2, 0.25) is 0 Å². The Morgan fingerprint density at radius 3 is 2.59 bits per heavy atom. The number of thiazole rings is 1. The van der Waals surface area contributed by atoms with Crippen LogP contribution in [0.5, 0.6) is 11.5 Å². The molecule has 0 unspecified atom stereocenters. The molecule has 0 aliphatic carbocycles. The molecule has 22 heavy (non-hydrogen) atoms. The minimum atomic E-state index is -0.469. The summed E-state index contributed by atoms with van der Waals surface area (Å²) in [4.78, 5) is 16.3. The largest absolute Gasteiger partial charge is 0.493 e. The number of rotatable bonds is 4. The first kappa shape index (κ1) is 14.3. The van der Waals surface area contributed by atoms with Gasteiger partial charge in [0.1, 0.15) is 5.01 Å². The van der Waals surface area contributed by atoms with Crippen molar-refractivity contribution in [1.82, 2.24) is 4.98 Å². The highest BCUT2D eigenvalue weighted by Crippen LogP contribution is 2.26. The van der Waals surface area contributed by atoms with Gasteiger partial charge in [-0.25, -0.2) is 9.78 Å². The Morgan fingerprint density at radius 2 is 1.82 bits per heavy atom. The molecule has 110 valence electrons. The molecule has 0 amide bonds. The molecular weight excluding hydrogens is 298 g/mol. The van der Waals surface area contributed by atoms with Gasteiger partial charge in [-0.15, -0.1) is 11.3 Å². The molecule has 0 fully saturated rings. The lowest BCUT2D eigenvalue weighted by atomic mass is 10.3. The van der Waals surface area contributed by atoms with E-state index in [1.165, 1.54) is 24.5 Å². The molecule has 5 heteroatoms. The molecular formula is C17H13NO3S. The molecule has 0 saturated carbocycles. The fraction of sp³-hybridized carbons (Fsp3) is 0.0588. The van der Waals surface area contributed by atoms with Crippen LogP contribution in [-0.4, -0.2) is 18.1 Å². The summed E-state index contributed by atoms with van der Waals surface area (Å²) < 4.78 is 11.5. The summed E-state index contributed by atoms with van der Waals surface area (Å²) in [5.74, 6) is 0.442. The van der Waals surface area contributed by atoms with Crippen LogP contribution in [0.25, 0.3) is 16.3 Å². The summed E-state index contributed by atoms with van der Waals surface area (Å²) in [6, 6.07) is 14.8. The average Bonchev–Trinajstić information content (AvgIpc) is 2.96. The topological polar surface area (TPSA) is 48.4 Å². The third kappa shape index (κ3) is 3.15. The Kier molecular flexibility index (Phi) is 4.16. The molecule has 4 nitrogen and oxygen atoms in total. The number of aromatic nitrogens is 1. The first-order valence-corrected chi connectivity index (χ1v) is 7.46. The number of esters is 1. The van der Waals surface area contributed by atoms with Gasteiger partial charge in [0.2, 0.25) is 0 Å². The zero-order chi connectivity index (χ0) is 15.4. The van der Waals surface area contributed by atoms with E-state index in [-0.39, 0.29) is 0 Å². The first-order chi connectivity index (χ1) is 10.8. The molecule has 3 aromatic rings. The number of carbonyl (C=O) groups is 1. The highest BCUT2D eigenvalue weighted by Gasteiger charge is 2.07. The molecule has 0 atom stereocenters. The van der Waals surface area contributed by atoms with Crippen molar-refractivity contribution in [3.05, 3.63) is 59.6 Å². The fourth-order valence-corrected chi connectivity index (χ4v) is 2.82. The van der Waals surface area contributed by atoms with Gasteiger partial charge in [-0.2, -0.15) is 0 Å². The summed E-state index contributed by atoms with van der Waals surface area (Å²) in [7, 11) is 1.53. The van der Waals surface area contributed by atoms with Gasteiger partial charge in [-0.3, -0.25) is 0 Å². The summed E-state index contributed by atoms with van der Waals surface area (Å²) in [5, 5.41) is 0.762. The summed E-state index contributed by atoms with van der Waals surface area (Å²) in [6.07, 6.45) is 3.02. The van der Waals surface area contributed by atoms with Gasteiger partial charge in [-0.05, 0) is 30.3 Å². The van der Waals surface area contributed by atoms with E-state index in [2.05, 4.69) is 4.98 Å². The van der Waals surface area contributed by atoms with E-state index in [4.69, 9.17) is 9.47 Å². The number of ether oxygens (including phenoxy) is 2. The van der Waals surface area contributed by atoms with Crippen molar-refractivity contribution in [3.63, 3.8) is 0 Å². The van der Waals surface area contributed by atoms with Gasteiger partial charge >= 0.3 is 5.97 Å². The zero-order valence-electron chi connectivity index (χ0n) is 11.9. The third-order valence-corrected chi connectivity index (χ3v) is 3.95. The smallest absolute Gasteiger partial charge is 0.336 e. The highest BCUT2D eigenvalue weighted by molar-refractivity contribution is 7.19. The lowest BCUT2D eigenvalue weighted by Gasteiger charge is -2.06. The van der Waals surface area contributed by atoms with Crippen molar-refractivity contribution in [3.8, 4) is 11.5 Å². The second-order valence-electron chi connectivity index (χ2n) is 4.43. The van der Waals surface area contributed by atoms with Crippen molar-refractivity contribution >= 4 is 33.6 Å². The van der Waals surface area contributed by atoms with Crippen LogP contribution in [0.1, 0.15) is 5.01 Å². The summed E-state index contributed by atoms with van der Waals surface area (Å²) in [6.45, 7) is 0. The van der Waals surface area contributed by atoms with Crippen LogP contribution in [0.3, 0.4) is 0 Å². The number of nitrogens with zero attached hydrogens (tertiary/aromatic N) is 1. The average molecular weight is 311 g/mol. The third-order valence-electron chi connectivity index (χ3n) is 2.95. The van der Waals surface area contributed by atoms with Crippen LogP contribution in [0, 0.1) is 0 Å². The second kappa shape index (κ2) is 6.41. The minimum absolute atomic E-state index is 0.393. The molecule has 1 aromatic heterocycles. The minimum Gasteiger partial charge on any atom is -0.493 e. The molecule has 0 N–H and O–H groups in total. The van der Waals surface area contributed by atoms with E-state index < -0.39 is 5.97 Å². The number of fused-ring (bicyclic) bond motifs is 1. The van der Waals surface area contributed by atoms with Gasteiger partial charge in [0, 0.05) is 6.08 Å². The van der Waals surface area contributed by atoms with E-state index in [9.17, 15) is 4.79 Å². The van der Waals surface area contributed by atoms with Crippen molar-refractivity contribution in [2.24, 2.45) is 0 Å². The number of benzene rings is 2. The Bertz CT molecular complexity index is 806. The number of hydrogen-bond acceptors (Lipinski definition) is 5. The molecule has 0 radical (unpaired) electrons. The summed E-state index contributed by atoms with van der Waals surface area (Å²) in [5.41, 5.74) is 0.922. The van der Waals surface area contributed by atoms with Crippen LogP contribution in [0.4, 0.5) is 0 Å². The van der Waals surface area contributed by atoms with Gasteiger partial charge < -0.3 is 9.47 Å². The number of para-hydroxylation sites is 3. The zero-order valence-corrected chi connectivity index (χ0v) is 12.7. The Balaban J connectivity index is 1.73. The Hall–Kier alpha value is -2.66. The van der Waals surface area contributed by atoms with Gasteiger partial charge in [-0.1, -0.05) is 24.3 Å². The van der Waals surface area contributed by atoms with Crippen molar-refractivity contribution in [2.75, 3.05) is 7.11 Å². The van der Waals surface area contributed by atoms with E-state index >= 15 is 0 Å². The predicted molar refractivity (Wildman–Crippen MR) is 87.3 cm³/mol. The van der Waals surface area contributed by atoms with Gasteiger partial charge in [0.15, 0.2) is 11.5 Å².